The smallest absolute Gasteiger partial charge is 0.351 e. The van der Waals surface area contributed by atoms with Crippen molar-refractivity contribution >= 4 is 26.2 Å². The number of nitriles is 1. The molecule has 1 saturated heterocycles. The van der Waals surface area contributed by atoms with Crippen LogP contribution in [0.2, 0.25) is 0 Å². The minimum Gasteiger partial charge on any atom is -0.497 e. The Hall–Kier alpha value is -5.20. The number of carbonyl (C=O) groups is 2. The van der Waals surface area contributed by atoms with Crippen LogP contribution in [-0.2, 0) is 38.4 Å². The van der Waals surface area contributed by atoms with E-state index in [2.05, 4.69) is 21.0 Å². The summed E-state index contributed by atoms with van der Waals surface area (Å²) in [6, 6.07) is 28.5. The molecule has 4 aromatic rings. The molecule has 2 heterocycles. The van der Waals surface area contributed by atoms with Gasteiger partial charge in [-0.15, -0.1) is 0 Å². The Morgan fingerprint density at radius 3 is 1.98 bits per heavy atom. The summed E-state index contributed by atoms with van der Waals surface area (Å²) in [6.45, 7) is 10.5. The Balaban J connectivity index is 1.69. The molecule has 1 fully saturated rings. The average Bonchev–Trinajstić information content (AvgIpc) is 3.56. The zero-order valence-corrected chi connectivity index (χ0v) is 36.2. The maximum absolute atomic E-state index is 13.7. The van der Waals surface area contributed by atoms with Crippen molar-refractivity contribution in [1.82, 2.24) is 14.2 Å². The zero-order chi connectivity index (χ0) is 43.4. The third-order valence-corrected chi connectivity index (χ3v) is 12.0. The summed E-state index contributed by atoms with van der Waals surface area (Å²) in [5.41, 5.74) is 0.416. The third kappa shape index (κ3) is 10.9. The number of esters is 1. The fourth-order valence-electron chi connectivity index (χ4n) is 7.27. The van der Waals surface area contributed by atoms with Gasteiger partial charge >= 0.3 is 11.7 Å². The first kappa shape index (κ1) is 45.9. The van der Waals surface area contributed by atoms with E-state index in [1.807, 2.05) is 107 Å². The van der Waals surface area contributed by atoms with E-state index in [1.54, 1.807) is 14.2 Å². The van der Waals surface area contributed by atoms with E-state index in [1.165, 1.54) is 30.7 Å². The number of nitrogens with zero attached hydrogens (tertiary/aromatic N) is 4. The van der Waals surface area contributed by atoms with Gasteiger partial charge in [-0.3, -0.25) is 14.2 Å². The molecule has 1 N–H and O–H groups in total. The van der Waals surface area contributed by atoms with Gasteiger partial charge in [-0.05, 0) is 74.7 Å². The molecule has 1 aromatic heterocycles. The van der Waals surface area contributed by atoms with E-state index in [0.717, 1.165) is 16.7 Å². The molecule has 5 rings (SSSR count). The fraction of sp³-hybridized carbons (Fsp3) is 0.432. The maximum atomic E-state index is 13.7. The van der Waals surface area contributed by atoms with Crippen LogP contribution in [0.5, 0.6) is 11.5 Å². The van der Waals surface area contributed by atoms with Gasteiger partial charge in [-0.25, -0.2) is 9.46 Å². The third-order valence-electron chi connectivity index (χ3n) is 9.87. The van der Waals surface area contributed by atoms with Gasteiger partial charge in [0.2, 0.25) is 5.91 Å². The number of rotatable bonds is 20. The van der Waals surface area contributed by atoms with Gasteiger partial charge in [0.15, 0.2) is 0 Å². The van der Waals surface area contributed by atoms with E-state index in [4.69, 9.17) is 32.7 Å². The van der Waals surface area contributed by atoms with Crippen molar-refractivity contribution < 1.29 is 42.3 Å². The molecule has 0 spiro atoms. The fourth-order valence-corrected chi connectivity index (χ4v) is 9.08. The molecule has 15 nitrogen and oxygen atoms in total. The maximum Gasteiger partial charge on any atom is 0.351 e. The molecule has 0 saturated carbocycles. The number of hydrogen-bond donors (Lipinski definition) is 1. The lowest BCUT2D eigenvalue weighted by atomic mass is 9.80. The summed E-state index contributed by atoms with van der Waals surface area (Å²) in [7, 11) is 1.34. The van der Waals surface area contributed by atoms with Crippen LogP contribution in [0.1, 0.15) is 70.9 Å². The predicted octanol–water partition coefficient (Wildman–Crippen LogP) is 6.97. The van der Waals surface area contributed by atoms with Crippen molar-refractivity contribution in [2.45, 2.75) is 84.1 Å². The average molecular weight is 844 g/mol. The summed E-state index contributed by atoms with van der Waals surface area (Å²) < 4.78 is 47.6. The van der Waals surface area contributed by atoms with E-state index in [-0.39, 0.29) is 44.1 Å². The van der Waals surface area contributed by atoms with Gasteiger partial charge < -0.3 is 38.0 Å². The summed E-state index contributed by atoms with van der Waals surface area (Å²) >= 11 is 0. The van der Waals surface area contributed by atoms with Gasteiger partial charge in [-0.2, -0.15) is 10.2 Å². The molecule has 1 aliphatic rings. The Bertz CT molecular complexity index is 2060. The lowest BCUT2D eigenvalue weighted by Crippen LogP contribution is -2.42. The molecular formula is C44H54N5O10P. The first-order valence-corrected chi connectivity index (χ1v) is 20.8. The standard InChI is InChI=1S/C44H54N5O10P/c1-29(2)49(30(3)4)60(57-26-12-24-45)59-41-38(27-55-32(6)51)42(48-25-23-40(46-31(5)50)47-43(48)52)58-39(41)28-56-44(33-13-10-9-11-14-33,34-15-19-36(53-7)20-16-34)35-17-21-37(54-8)22-18-35/h9-11,13-23,25,29-30,38-39,41-42H,12,26-28H2,1-8H3,(H,46,47,50,52)/t38-,39-,41+,42-,60?/m1/s1. The van der Waals surface area contributed by atoms with E-state index >= 15 is 0 Å². The Kier molecular flexibility index (Phi) is 16.3. The zero-order valence-electron chi connectivity index (χ0n) is 35.3. The molecule has 0 bridgehead atoms. The molecule has 0 radical (unpaired) electrons. The van der Waals surface area contributed by atoms with E-state index in [0.29, 0.717) is 11.5 Å². The normalized spacial score (nSPS) is 18.3. The van der Waals surface area contributed by atoms with Gasteiger partial charge in [0.1, 0.15) is 48.0 Å². The molecule has 320 valence electrons. The van der Waals surface area contributed by atoms with Crippen molar-refractivity contribution in [2.75, 3.05) is 39.4 Å². The molecule has 16 heteroatoms. The number of nitrogens with one attached hydrogen (secondary N) is 1. The van der Waals surface area contributed by atoms with Gasteiger partial charge in [0.05, 0.1) is 45.8 Å². The second kappa shape index (κ2) is 21.4. The Labute approximate surface area is 352 Å². The van der Waals surface area contributed by atoms with Crippen molar-refractivity contribution in [3.63, 3.8) is 0 Å². The SMILES string of the molecule is COc1ccc(C(OC[C@H]2O[C@@H](n3ccc(NC(C)=O)nc3=O)[C@H](COC(C)=O)[C@@H]2OP(OCCC#N)N(C(C)C)C(C)C)(c2ccccc2)c2ccc(OC)cc2)cc1. The Morgan fingerprint density at radius 1 is 0.900 bits per heavy atom. The van der Waals surface area contributed by atoms with Crippen LogP contribution in [0.3, 0.4) is 0 Å². The molecule has 3 aromatic carbocycles. The number of anilines is 1. The largest absolute Gasteiger partial charge is 0.497 e. The molecule has 0 aliphatic carbocycles. The van der Waals surface area contributed by atoms with Crippen LogP contribution in [-0.4, -0.2) is 84.4 Å². The van der Waals surface area contributed by atoms with Crippen LogP contribution in [0.15, 0.2) is 95.9 Å². The second-order valence-corrected chi connectivity index (χ2v) is 16.1. The van der Waals surface area contributed by atoms with Crippen LogP contribution in [0.25, 0.3) is 0 Å². The van der Waals surface area contributed by atoms with Crippen molar-refractivity contribution in [2.24, 2.45) is 5.92 Å². The minimum absolute atomic E-state index is 0.0399. The van der Waals surface area contributed by atoms with E-state index in [9.17, 15) is 19.6 Å². The Morgan fingerprint density at radius 2 is 1.48 bits per heavy atom. The number of aromatic nitrogens is 2. The minimum atomic E-state index is -1.87. The van der Waals surface area contributed by atoms with Crippen molar-refractivity contribution in [3.8, 4) is 17.6 Å². The molecule has 1 unspecified atom stereocenters. The van der Waals surface area contributed by atoms with Crippen molar-refractivity contribution in [3.05, 3.63) is 118 Å². The van der Waals surface area contributed by atoms with Crippen LogP contribution in [0.4, 0.5) is 5.82 Å². The lowest BCUT2D eigenvalue weighted by molar-refractivity contribution is -0.144. The lowest BCUT2D eigenvalue weighted by Gasteiger charge is -2.39. The summed E-state index contributed by atoms with van der Waals surface area (Å²) in [5.74, 6) is -0.349. The number of hydrogen-bond acceptors (Lipinski definition) is 13. The van der Waals surface area contributed by atoms with Crippen LogP contribution in [0, 0.1) is 17.2 Å². The first-order valence-electron chi connectivity index (χ1n) is 19.7. The molecule has 60 heavy (non-hydrogen) atoms. The highest BCUT2D eigenvalue weighted by molar-refractivity contribution is 7.44. The molecule has 5 atom stereocenters. The van der Waals surface area contributed by atoms with Gasteiger partial charge in [-0.1, -0.05) is 54.6 Å². The highest BCUT2D eigenvalue weighted by Gasteiger charge is 2.51. The molecular weight excluding hydrogens is 789 g/mol. The first-order chi connectivity index (χ1) is 28.8. The monoisotopic (exact) mass is 843 g/mol. The summed E-state index contributed by atoms with van der Waals surface area (Å²) in [6.07, 6.45) is -1.31. The highest BCUT2D eigenvalue weighted by Crippen LogP contribution is 2.52. The summed E-state index contributed by atoms with van der Waals surface area (Å²) in [4.78, 5) is 42.1. The molecule has 1 amide bonds. The number of carbonyl (C=O) groups excluding carboxylic acids is 2. The highest BCUT2D eigenvalue weighted by atomic mass is 31.2. The van der Waals surface area contributed by atoms with E-state index < -0.39 is 56.0 Å². The number of amides is 1. The van der Waals surface area contributed by atoms with Gasteiger partial charge in [0, 0.05) is 32.1 Å². The van der Waals surface area contributed by atoms with Gasteiger partial charge in [0.25, 0.3) is 8.53 Å². The molecule has 1 aliphatic heterocycles. The van der Waals surface area contributed by atoms with Crippen LogP contribution < -0.4 is 20.5 Å². The second-order valence-electron chi connectivity index (χ2n) is 14.6. The topological polar surface area (TPSA) is 173 Å². The number of methoxy groups -OCH3 is 2. The summed E-state index contributed by atoms with van der Waals surface area (Å²) in [5, 5.41) is 12.0. The predicted molar refractivity (Wildman–Crippen MR) is 225 cm³/mol. The van der Waals surface area contributed by atoms with Crippen molar-refractivity contribution in [1.29, 1.82) is 5.26 Å². The number of ether oxygens (including phenoxy) is 5. The quantitative estimate of drug-likeness (QED) is 0.0419. The van der Waals surface area contributed by atoms with Crippen LogP contribution >= 0.6 is 8.53 Å². The number of benzene rings is 3.